The van der Waals surface area contributed by atoms with E-state index in [0.717, 1.165) is 5.56 Å². The minimum absolute atomic E-state index is 0.0265. The van der Waals surface area contributed by atoms with Gasteiger partial charge in [0.15, 0.2) is 6.61 Å². The predicted octanol–water partition coefficient (Wildman–Crippen LogP) is 0.165. The maximum Gasteiger partial charge on any atom is 0.255 e. The van der Waals surface area contributed by atoms with Gasteiger partial charge in [-0.1, -0.05) is 12.1 Å². The van der Waals surface area contributed by atoms with Gasteiger partial charge in [0.05, 0.1) is 6.54 Å². The minimum atomic E-state index is -0.507. The van der Waals surface area contributed by atoms with Gasteiger partial charge < -0.3 is 21.1 Å². The highest BCUT2D eigenvalue weighted by atomic mass is 16.5. The number of ether oxygens (including phenoxy) is 1. The van der Waals surface area contributed by atoms with Crippen LogP contribution in [0, 0.1) is 0 Å². The highest BCUT2D eigenvalue weighted by molar-refractivity contribution is 5.78. The lowest BCUT2D eigenvalue weighted by Crippen LogP contribution is -2.37. The third kappa shape index (κ3) is 6.75. The zero-order valence-corrected chi connectivity index (χ0v) is 11.8. The highest BCUT2D eigenvalue weighted by Gasteiger charge is 2.02. The molecule has 0 bridgehead atoms. The molecule has 0 atom stereocenters. The summed E-state index contributed by atoms with van der Waals surface area (Å²) in [6.07, 6.45) is 0. The minimum Gasteiger partial charge on any atom is -0.484 e. The lowest BCUT2D eigenvalue weighted by Gasteiger charge is -2.09. The Bertz CT molecular complexity index is 443. The second kappa shape index (κ2) is 8.16. The Morgan fingerprint density at radius 2 is 1.90 bits per heavy atom. The van der Waals surface area contributed by atoms with Gasteiger partial charge in [0, 0.05) is 12.6 Å². The van der Waals surface area contributed by atoms with E-state index in [0.29, 0.717) is 12.3 Å². The molecular weight excluding hydrogens is 258 g/mol. The van der Waals surface area contributed by atoms with Crippen LogP contribution in [0.1, 0.15) is 19.4 Å². The fraction of sp³-hybridized carbons (Fsp3) is 0.429. The second-order valence-electron chi connectivity index (χ2n) is 4.72. The number of amides is 2. The summed E-state index contributed by atoms with van der Waals surface area (Å²) in [6.45, 7) is 4.57. The van der Waals surface area contributed by atoms with Crippen molar-refractivity contribution in [1.29, 1.82) is 0 Å². The Kier molecular flexibility index (Phi) is 6.52. The molecule has 1 rings (SSSR count). The summed E-state index contributed by atoms with van der Waals surface area (Å²) >= 11 is 0. The molecule has 0 aliphatic heterocycles. The largest absolute Gasteiger partial charge is 0.484 e. The van der Waals surface area contributed by atoms with Crippen LogP contribution in [-0.4, -0.2) is 31.0 Å². The molecule has 2 amide bonds. The Labute approximate surface area is 118 Å². The number of carbonyl (C=O) groups is 2. The Balaban J connectivity index is 2.31. The standard InChI is InChI=1S/C14H21N3O3/c1-10(2)17-14(19)8-16-7-11-3-5-12(6-4-11)20-9-13(15)18/h3-6,10,16H,7-9H2,1-2H3,(H2,15,18)(H,17,19). The first-order chi connectivity index (χ1) is 9.47. The molecule has 0 saturated heterocycles. The molecule has 0 aromatic heterocycles. The van der Waals surface area contributed by atoms with Crippen molar-refractivity contribution in [3.05, 3.63) is 29.8 Å². The molecule has 0 aliphatic rings. The third-order valence-electron chi connectivity index (χ3n) is 2.37. The van der Waals surface area contributed by atoms with Crippen molar-refractivity contribution in [2.45, 2.75) is 26.4 Å². The summed E-state index contributed by atoms with van der Waals surface area (Å²) in [5, 5.41) is 5.85. The maximum absolute atomic E-state index is 11.4. The van der Waals surface area contributed by atoms with E-state index < -0.39 is 5.91 Å². The molecule has 20 heavy (non-hydrogen) atoms. The first-order valence-corrected chi connectivity index (χ1v) is 6.47. The summed E-state index contributed by atoms with van der Waals surface area (Å²) in [7, 11) is 0. The Hall–Kier alpha value is -2.08. The Morgan fingerprint density at radius 3 is 2.45 bits per heavy atom. The van der Waals surface area contributed by atoms with E-state index in [9.17, 15) is 9.59 Å². The lowest BCUT2D eigenvalue weighted by molar-refractivity contribution is -0.121. The molecule has 6 heteroatoms. The highest BCUT2D eigenvalue weighted by Crippen LogP contribution is 2.11. The van der Waals surface area contributed by atoms with Crippen molar-refractivity contribution >= 4 is 11.8 Å². The summed E-state index contributed by atoms with van der Waals surface area (Å²) in [5.41, 5.74) is 6.01. The molecule has 0 spiro atoms. The van der Waals surface area contributed by atoms with E-state index >= 15 is 0 Å². The first-order valence-electron chi connectivity index (χ1n) is 6.47. The van der Waals surface area contributed by atoms with Crippen LogP contribution in [0.5, 0.6) is 5.75 Å². The number of primary amides is 1. The molecule has 0 heterocycles. The number of benzene rings is 1. The monoisotopic (exact) mass is 279 g/mol. The summed E-state index contributed by atoms with van der Waals surface area (Å²) in [6, 6.07) is 7.39. The summed E-state index contributed by atoms with van der Waals surface area (Å²) in [4.78, 5) is 22.0. The van der Waals surface area contributed by atoms with E-state index in [1.807, 2.05) is 26.0 Å². The van der Waals surface area contributed by atoms with Gasteiger partial charge in [-0.05, 0) is 31.5 Å². The maximum atomic E-state index is 11.4. The van der Waals surface area contributed by atoms with Gasteiger partial charge >= 0.3 is 0 Å². The molecule has 0 radical (unpaired) electrons. The van der Waals surface area contributed by atoms with Gasteiger partial charge in [-0.25, -0.2) is 0 Å². The summed E-state index contributed by atoms with van der Waals surface area (Å²) < 4.78 is 5.15. The smallest absolute Gasteiger partial charge is 0.255 e. The SMILES string of the molecule is CC(C)NC(=O)CNCc1ccc(OCC(N)=O)cc1. The average Bonchev–Trinajstić information content (AvgIpc) is 2.37. The fourth-order valence-electron chi connectivity index (χ4n) is 1.55. The molecule has 0 fully saturated rings. The molecule has 1 aromatic carbocycles. The molecule has 0 unspecified atom stereocenters. The number of nitrogens with one attached hydrogen (secondary N) is 2. The number of hydrogen-bond acceptors (Lipinski definition) is 4. The molecule has 0 aliphatic carbocycles. The van der Waals surface area contributed by atoms with Gasteiger partial charge in [0.2, 0.25) is 5.91 Å². The third-order valence-corrected chi connectivity index (χ3v) is 2.37. The van der Waals surface area contributed by atoms with Crippen LogP contribution in [0.3, 0.4) is 0 Å². The zero-order chi connectivity index (χ0) is 15.0. The molecule has 1 aromatic rings. The van der Waals surface area contributed by atoms with Crippen LogP contribution in [-0.2, 0) is 16.1 Å². The van der Waals surface area contributed by atoms with Crippen molar-refractivity contribution in [3.63, 3.8) is 0 Å². The first kappa shape index (κ1) is 16.0. The quantitative estimate of drug-likeness (QED) is 0.632. The average molecular weight is 279 g/mol. The van der Waals surface area contributed by atoms with Crippen LogP contribution in [0.2, 0.25) is 0 Å². The lowest BCUT2D eigenvalue weighted by atomic mass is 10.2. The van der Waals surface area contributed by atoms with Crippen molar-refractivity contribution in [1.82, 2.24) is 10.6 Å². The normalized spacial score (nSPS) is 10.3. The molecule has 110 valence electrons. The van der Waals surface area contributed by atoms with E-state index in [2.05, 4.69) is 10.6 Å². The van der Waals surface area contributed by atoms with E-state index in [1.165, 1.54) is 0 Å². The van der Waals surface area contributed by atoms with Crippen LogP contribution in [0.4, 0.5) is 0 Å². The van der Waals surface area contributed by atoms with Gasteiger partial charge in [-0.3, -0.25) is 9.59 Å². The topological polar surface area (TPSA) is 93.4 Å². The van der Waals surface area contributed by atoms with E-state index in [-0.39, 0.29) is 25.1 Å². The van der Waals surface area contributed by atoms with Crippen LogP contribution < -0.4 is 21.1 Å². The Morgan fingerprint density at radius 1 is 1.25 bits per heavy atom. The zero-order valence-electron chi connectivity index (χ0n) is 11.8. The predicted molar refractivity (Wildman–Crippen MR) is 76.1 cm³/mol. The van der Waals surface area contributed by atoms with E-state index in [4.69, 9.17) is 10.5 Å². The number of nitrogens with two attached hydrogens (primary N) is 1. The number of hydrogen-bond donors (Lipinski definition) is 3. The van der Waals surface area contributed by atoms with Crippen LogP contribution >= 0.6 is 0 Å². The fourth-order valence-corrected chi connectivity index (χ4v) is 1.55. The van der Waals surface area contributed by atoms with Crippen LogP contribution in [0.15, 0.2) is 24.3 Å². The number of carbonyl (C=O) groups excluding carboxylic acids is 2. The molecule has 0 saturated carbocycles. The second-order valence-corrected chi connectivity index (χ2v) is 4.72. The molecular formula is C14H21N3O3. The summed E-state index contributed by atoms with van der Waals surface area (Å²) in [5.74, 6) is 0.0541. The van der Waals surface area contributed by atoms with Crippen molar-refractivity contribution < 1.29 is 14.3 Å². The molecule has 4 N–H and O–H groups in total. The van der Waals surface area contributed by atoms with Crippen molar-refractivity contribution in [3.8, 4) is 5.75 Å². The van der Waals surface area contributed by atoms with E-state index in [1.54, 1.807) is 12.1 Å². The van der Waals surface area contributed by atoms with Crippen molar-refractivity contribution in [2.75, 3.05) is 13.2 Å². The molecule has 6 nitrogen and oxygen atoms in total. The van der Waals surface area contributed by atoms with Crippen molar-refractivity contribution in [2.24, 2.45) is 5.73 Å². The van der Waals surface area contributed by atoms with Gasteiger partial charge in [-0.15, -0.1) is 0 Å². The van der Waals surface area contributed by atoms with Gasteiger partial charge in [0.1, 0.15) is 5.75 Å². The van der Waals surface area contributed by atoms with Gasteiger partial charge in [-0.2, -0.15) is 0 Å². The van der Waals surface area contributed by atoms with Gasteiger partial charge in [0.25, 0.3) is 5.91 Å². The van der Waals surface area contributed by atoms with Crippen LogP contribution in [0.25, 0.3) is 0 Å². The number of rotatable bonds is 8.